The van der Waals surface area contributed by atoms with Crippen molar-refractivity contribution in [1.82, 2.24) is 15.3 Å². The Kier molecular flexibility index (Phi) is 8.38. The van der Waals surface area contributed by atoms with E-state index in [4.69, 9.17) is 5.21 Å². The maximum absolute atomic E-state index is 12.2. The first-order valence-electron chi connectivity index (χ1n) is 9.64. The number of hydrogen-bond acceptors (Lipinski definition) is 4. The zero-order chi connectivity index (χ0) is 18.1. The molecule has 2 atom stereocenters. The van der Waals surface area contributed by atoms with Crippen molar-refractivity contribution in [2.24, 2.45) is 5.92 Å². The largest absolute Gasteiger partial charge is 0.301 e. The zero-order valence-electron chi connectivity index (χ0n) is 15.7. The lowest BCUT2D eigenvalue weighted by atomic mass is 9.98. The molecule has 1 aromatic rings. The van der Waals surface area contributed by atoms with Gasteiger partial charge in [-0.1, -0.05) is 63.4 Å². The lowest BCUT2D eigenvalue weighted by Crippen LogP contribution is -2.51. The minimum absolute atomic E-state index is 0.353. The summed E-state index contributed by atoms with van der Waals surface area (Å²) >= 11 is 0. The Bertz CT molecular complexity index is 501. The van der Waals surface area contributed by atoms with E-state index in [9.17, 15) is 4.79 Å². The van der Waals surface area contributed by atoms with E-state index in [2.05, 4.69) is 23.6 Å². The van der Waals surface area contributed by atoms with Gasteiger partial charge in [0.15, 0.2) is 0 Å². The maximum atomic E-state index is 12.2. The van der Waals surface area contributed by atoms with E-state index in [1.54, 1.807) is 0 Å². The average Bonchev–Trinajstić information content (AvgIpc) is 2.67. The van der Waals surface area contributed by atoms with Gasteiger partial charge in [0.05, 0.1) is 0 Å². The van der Waals surface area contributed by atoms with E-state index in [0.717, 1.165) is 44.2 Å². The predicted molar refractivity (Wildman–Crippen MR) is 100 cm³/mol. The molecule has 0 saturated carbocycles. The molecule has 1 fully saturated rings. The molecule has 2 N–H and O–H groups in total. The summed E-state index contributed by atoms with van der Waals surface area (Å²) < 4.78 is 0. The first-order valence-corrected chi connectivity index (χ1v) is 9.64. The number of nitrogens with one attached hydrogen (secondary N) is 1. The molecule has 2 rings (SSSR count). The van der Waals surface area contributed by atoms with Crippen LogP contribution in [0.25, 0.3) is 0 Å². The minimum Gasteiger partial charge on any atom is -0.301 e. The molecule has 1 heterocycles. The van der Waals surface area contributed by atoms with Gasteiger partial charge in [0.25, 0.3) is 5.91 Å². The van der Waals surface area contributed by atoms with Gasteiger partial charge in [-0.05, 0) is 17.9 Å². The SMILES string of the molecule is CCCCC(CC)CN1CCN(C(C(=O)NO)c2ccccc2)CC1. The monoisotopic (exact) mass is 347 g/mol. The molecular weight excluding hydrogens is 314 g/mol. The summed E-state index contributed by atoms with van der Waals surface area (Å²) in [4.78, 5) is 16.9. The fourth-order valence-corrected chi connectivity index (χ4v) is 3.71. The van der Waals surface area contributed by atoms with Crippen molar-refractivity contribution in [2.45, 2.75) is 45.6 Å². The lowest BCUT2D eigenvalue weighted by molar-refractivity contribution is -0.136. The standard InChI is InChI=1S/C20H33N3O2/c1-3-5-9-17(4-2)16-22-12-14-23(15-13-22)19(20(24)21-25)18-10-7-6-8-11-18/h6-8,10-11,17,19,25H,3-5,9,12-16H2,1-2H3,(H,21,24). The first-order chi connectivity index (χ1) is 12.2. The molecule has 0 aromatic heterocycles. The summed E-state index contributed by atoms with van der Waals surface area (Å²) in [5.74, 6) is 0.422. The summed E-state index contributed by atoms with van der Waals surface area (Å²) in [6.07, 6.45) is 5.12. The van der Waals surface area contributed by atoms with Crippen molar-refractivity contribution in [3.63, 3.8) is 0 Å². The molecule has 1 aliphatic rings. The Labute approximate surface area is 152 Å². The van der Waals surface area contributed by atoms with Crippen molar-refractivity contribution in [3.8, 4) is 0 Å². The van der Waals surface area contributed by atoms with Crippen molar-refractivity contribution >= 4 is 5.91 Å². The van der Waals surface area contributed by atoms with Crippen molar-refractivity contribution < 1.29 is 10.0 Å². The van der Waals surface area contributed by atoms with Crippen molar-refractivity contribution in [1.29, 1.82) is 0 Å². The number of amides is 1. The molecule has 0 radical (unpaired) electrons. The van der Waals surface area contributed by atoms with Crippen LogP contribution < -0.4 is 5.48 Å². The Hall–Kier alpha value is -1.43. The highest BCUT2D eigenvalue weighted by Gasteiger charge is 2.30. The Morgan fingerprint density at radius 2 is 1.84 bits per heavy atom. The predicted octanol–water partition coefficient (Wildman–Crippen LogP) is 3.07. The van der Waals surface area contributed by atoms with Gasteiger partial charge in [-0.3, -0.25) is 14.9 Å². The van der Waals surface area contributed by atoms with Crippen LogP contribution in [0.3, 0.4) is 0 Å². The Morgan fingerprint density at radius 1 is 1.16 bits per heavy atom. The summed E-state index contributed by atoms with van der Waals surface area (Å²) in [7, 11) is 0. The number of carbonyl (C=O) groups is 1. The van der Waals surface area contributed by atoms with E-state index >= 15 is 0 Å². The maximum Gasteiger partial charge on any atom is 0.265 e. The minimum atomic E-state index is -0.421. The fraction of sp³-hybridized carbons (Fsp3) is 0.650. The first kappa shape index (κ1) is 19.9. The van der Waals surface area contributed by atoms with Gasteiger partial charge < -0.3 is 4.90 Å². The van der Waals surface area contributed by atoms with Crippen molar-refractivity contribution in [2.75, 3.05) is 32.7 Å². The summed E-state index contributed by atoms with van der Waals surface area (Å²) in [5, 5.41) is 9.15. The molecule has 5 heteroatoms. The Morgan fingerprint density at radius 3 is 2.40 bits per heavy atom. The number of piperazine rings is 1. The number of hydrogen-bond donors (Lipinski definition) is 2. The molecule has 25 heavy (non-hydrogen) atoms. The van der Waals surface area contributed by atoms with Gasteiger partial charge in [-0.25, -0.2) is 5.48 Å². The van der Waals surface area contributed by atoms with Crippen molar-refractivity contribution in [3.05, 3.63) is 35.9 Å². The molecule has 5 nitrogen and oxygen atoms in total. The highest BCUT2D eigenvalue weighted by atomic mass is 16.5. The molecule has 1 aliphatic heterocycles. The molecular formula is C20H33N3O2. The lowest BCUT2D eigenvalue weighted by Gasteiger charge is -2.39. The molecule has 1 saturated heterocycles. The summed E-state index contributed by atoms with van der Waals surface area (Å²) in [6.45, 7) is 9.34. The van der Waals surface area contributed by atoms with Gasteiger partial charge in [0.1, 0.15) is 6.04 Å². The number of benzene rings is 1. The van der Waals surface area contributed by atoms with E-state index in [0.29, 0.717) is 0 Å². The second kappa shape index (κ2) is 10.5. The molecule has 0 bridgehead atoms. The van der Waals surface area contributed by atoms with Crippen LogP contribution in [-0.2, 0) is 4.79 Å². The summed E-state index contributed by atoms with van der Waals surface area (Å²) in [5.41, 5.74) is 2.77. The van der Waals surface area contributed by atoms with Gasteiger partial charge in [0.2, 0.25) is 0 Å². The summed E-state index contributed by atoms with van der Waals surface area (Å²) in [6, 6.07) is 9.28. The molecule has 1 amide bonds. The third kappa shape index (κ3) is 5.80. The van der Waals surface area contributed by atoms with Crippen LogP contribution in [0.4, 0.5) is 0 Å². The fourth-order valence-electron chi connectivity index (χ4n) is 3.71. The van der Waals surface area contributed by atoms with Crippen LogP contribution >= 0.6 is 0 Å². The molecule has 0 spiro atoms. The van der Waals surface area contributed by atoms with E-state index in [1.165, 1.54) is 25.7 Å². The topological polar surface area (TPSA) is 55.8 Å². The highest BCUT2D eigenvalue weighted by Crippen LogP contribution is 2.23. The number of unbranched alkanes of at least 4 members (excludes halogenated alkanes) is 1. The van der Waals surface area contributed by atoms with Gasteiger partial charge in [-0.15, -0.1) is 0 Å². The van der Waals surface area contributed by atoms with E-state index in [-0.39, 0.29) is 5.91 Å². The quantitative estimate of drug-likeness (QED) is 0.532. The number of hydroxylamine groups is 1. The Balaban J connectivity index is 1.93. The van der Waals surface area contributed by atoms with Crippen LogP contribution in [0.5, 0.6) is 0 Å². The third-order valence-electron chi connectivity index (χ3n) is 5.31. The second-order valence-electron chi connectivity index (χ2n) is 7.04. The average molecular weight is 348 g/mol. The van der Waals surface area contributed by atoms with Gasteiger partial charge in [-0.2, -0.15) is 0 Å². The second-order valence-corrected chi connectivity index (χ2v) is 7.04. The van der Waals surface area contributed by atoms with Gasteiger partial charge >= 0.3 is 0 Å². The van der Waals surface area contributed by atoms with E-state index < -0.39 is 6.04 Å². The number of carbonyl (C=O) groups excluding carboxylic acids is 1. The van der Waals surface area contributed by atoms with Gasteiger partial charge in [0, 0.05) is 32.7 Å². The highest BCUT2D eigenvalue weighted by molar-refractivity contribution is 5.82. The number of rotatable bonds is 9. The van der Waals surface area contributed by atoms with E-state index in [1.807, 2.05) is 35.8 Å². The zero-order valence-corrected chi connectivity index (χ0v) is 15.7. The third-order valence-corrected chi connectivity index (χ3v) is 5.31. The molecule has 140 valence electrons. The number of nitrogens with zero attached hydrogens (tertiary/aromatic N) is 2. The van der Waals surface area contributed by atoms with Crippen LogP contribution in [0, 0.1) is 5.92 Å². The normalized spacial score (nSPS) is 18.7. The smallest absolute Gasteiger partial charge is 0.265 e. The molecule has 2 unspecified atom stereocenters. The molecule has 1 aromatic carbocycles. The van der Waals surface area contributed by atoms with Crippen LogP contribution in [-0.4, -0.2) is 53.6 Å². The van der Waals surface area contributed by atoms with Crippen LogP contribution in [0.2, 0.25) is 0 Å². The van der Waals surface area contributed by atoms with Crippen LogP contribution in [0.15, 0.2) is 30.3 Å². The van der Waals surface area contributed by atoms with Crippen LogP contribution in [0.1, 0.15) is 51.1 Å². The molecule has 0 aliphatic carbocycles.